The van der Waals surface area contributed by atoms with Crippen LogP contribution in [0.15, 0.2) is 0 Å². The van der Waals surface area contributed by atoms with Crippen LogP contribution in [-0.2, 0) is 9.53 Å². The van der Waals surface area contributed by atoms with Crippen LogP contribution in [0.1, 0.15) is 39.5 Å². The van der Waals surface area contributed by atoms with E-state index in [-0.39, 0.29) is 5.60 Å². The predicted octanol–water partition coefficient (Wildman–Crippen LogP) is 2.40. The van der Waals surface area contributed by atoms with Gasteiger partial charge in [-0.2, -0.15) is 13.2 Å². The Labute approximate surface area is 98.7 Å². The summed E-state index contributed by atoms with van der Waals surface area (Å²) in [6.07, 6.45) is -2.45. The van der Waals surface area contributed by atoms with Gasteiger partial charge in [-0.3, -0.25) is 4.79 Å². The van der Waals surface area contributed by atoms with E-state index >= 15 is 0 Å². The number of hydrogen-bond acceptors (Lipinski definition) is 2. The van der Waals surface area contributed by atoms with Crippen molar-refractivity contribution in [1.82, 2.24) is 5.32 Å². The van der Waals surface area contributed by atoms with Crippen molar-refractivity contribution in [2.75, 3.05) is 6.61 Å². The molecule has 17 heavy (non-hydrogen) atoms. The minimum Gasteiger partial charge on any atom is -0.375 e. The first-order valence-corrected chi connectivity index (χ1v) is 5.84. The molecule has 1 amide bonds. The largest absolute Gasteiger partial charge is 0.471 e. The molecule has 1 rings (SSSR count). The van der Waals surface area contributed by atoms with Crippen LogP contribution in [0.25, 0.3) is 0 Å². The third-order valence-electron chi connectivity index (χ3n) is 3.37. The molecule has 1 fully saturated rings. The van der Waals surface area contributed by atoms with Crippen LogP contribution in [0, 0.1) is 0 Å². The van der Waals surface area contributed by atoms with Gasteiger partial charge in [-0.05, 0) is 25.7 Å². The fourth-order valence-electron chi connectivity index (χ4n) is 2.16. The average molecular weight is 253 g/mol. The van der Waals surface area contributed by atoms with Gasteiger partial charge >= 0.3 is 12.1 Å². The van der Waals surface area contributed by atoms with Crippen molar-refractivity contribution in [3.05, 3.63) is 0 Å². The lowest BCUT2D eigenvalue weighted by Gasteiger charge is -2.40. The molecule has 1 saturated heterocycles. The molecule has 3 nitrogen and oxygen atoms in total. The summed E-state index contributed by atoms with van der Waals surface area (Å²) in [7, 11) is 0. The molecule has 0 bridgehead atoms. The minimum atomic E-state index is -4.81. The number of amides is 1. The van der Waals surface area contributed by atoms with Gasteiger partial charge in [-0.1, -0.05) is 13.8 Å². The molecule has 1 heterocycles. The van der Waals surface area contributed by atoms with Gasteiger partial charge < -0.3 is 10.1 Å². The monoisotopic (exact) mass is 253 g/mol. The van der Waals surface area contributed by atoms with E-state index in [9.17, 15) is 18.0 Å². The maximum absolute atomic E-state index is 12.1. The Hall–Kier alpha value is -0.780. The van der Waals surface area contributed by atoms with Gasteiger partial charge in [-0.25, -0.2) is 0 Å². The molecule has 0 aromatic carbocycles. The fraction of sp³-hybridized carbons (Fsp3) is 0.909. The molecule has 100 valence electrons. The molecule has 0 aliphatic carbocycles. The van der Waals surface area contributed by atoms with Crippen molar-refractivity contribution in [2.24, 2.45) is 0 Å². The van der Waals surface area contributed by atoms with E-state index in [4.69, 9.17) is 4.74 Å². The first-order chi connectivity index (χ1) is 7.83. The molecule has 1 atom stereocenters. The fourth-order valence-corrected chi connectivity index (χ4v) is 2.16. The predicted molar refractivity (Wildman–Crippen MR) is 56.5 cm³/mol. The second-order valence-corrected chi connectivity index (χ2v) is 4.40. The number of hydrogen-bond donors (Lipinski definition) is 1. The minimum absolute atomic E-state index is 0.387. The Morgan fingerprint density at radius 3 is 2.47 bits per heavy atom. The van der Waals surface area contributed by atoms with Crippen LogP contribution in [0.2, 0.25) is 0 Å². The molecule has 6 heteroatoms. The summed E-state index contributed by atoms with van der Waals surface area (Å²) >= 11 is 0. The van der Waals surface area contributed by atoms with Gasteiger partial charge in [0.25, 0.3) is 0 Å². The highest BCUT2D eigenvalue weighted by atomic mass is 19.4. The Kier molecular flexibility index (Phi) is 4.41. The zero-order valence-corrected chi connectivity index (χ0v) is 10.1. The molecule has 0 spiro atoms. The maximum atomic E-state index is 12.1. The zero-order valence-electron chi connectivity index (χ0n) is 10.1. The molecule has 1 unspecified atom stereocenters. The van der Waals surface area contributed by atoms with Gasteiger partial charge in [0.2, 0.25) is 0 Å². The van der Waals surface area contributed by atoms with Gasteiger partial charge in [-0.15, -0.1) is 0 Å². The Balaban J connectivity index is 2.59. The number of carbonyl (C=O) groups is 1. The lowest BCUT2D eigenvalue weighted by molar-refractivity contribution is -0.176. The molecular weight excluding hydrogens is 235 g/mol. The van der Waals surface area contributed by atoms with E-state index in [1.165, 1.54) is 0 Å². The number of rotatable bonds is 3. The van der Waals surface area contributed by atoms with Crippen molar-refractivity contribution in [1.29, 1.82) is 0 Å². The number of alkyl halides is 3. The van der Waals surface area contributed by atoms with E-state index in [0.717, 1.165) is 12.8 Å². The van der Waals surface area contributed by atoms with Crippen molar-refractivity contribution >= 4 is 5.91 Å². The molecule has 1 N–H and O–H groups in total. The smallest absolute Gasteiger partial charge is 0.375 e. The summed E-state index contributed by atoms with van der Waals surface area (Å²) in [6, 6.07) is -0.447. The van der Waals surface area contributed by atoms with Gasteiger partial charge in [0.05, 0.1) is 5.60 Å². The standard InChI is InChI=1S/C11H18F3NO2/c1-3-10(4-2)7-8(5-6-17-10)15-9(16)11(12,13)14/h8H,3-7H2,1-2H3,(H,15,16). The lowest BCUT2D eigenvalue weighted by Crippen LogP contribution is -2.51. The quantitative estimate of drug-likeness (QED) is 0.838. The highest BCUT2D eigenvalue weighted by Crippen LogP contribution is 2.31. The zero-order chi connectivity index (χ0) is 13.1. The number of halogens is 3. The second-order valence-electron chi connectivity index (χ2n) is 4.40. The molecule has 1 aliphatic heterocycles. The van der Waals surface area contributed by atoms with Crippen LogP contribution in [0.3, 0.4) is 0 Å². The van der Waals surface area contributed by atoms with Gasteiger partial charge in [0.1, 0.15) is 0 Å². The topological polar surface area (TPSA) is 38.3 Å². The van der Waals surface area contributed by atoms with Crippen LogP contribution >= 0.6 is 0 Å². The summed E-state index contributed by atoms with van der Waals surface area (Å²) in [5, 5.41) is 2.04. The number of ether oxygens (including phenoxy) is 1. The Morgan fingerprint density at radius 1 is 1.41 bits per heavy atom. The van der Waals surface area contributed by atoms with E-state index in [1.54, 1.807) is 0 Å². The van der Waals surface area contributed by atoms with Crippen molar-refractivity contribution in [2.45, 2.75) is 57.3 Å². The summed E-state index contributed by atoms with van der Waals surface area (Å²) < 4.78 is 42.0. The van der Waals surface area contributed by atoms with Crippen LogP contribution in [0.4, 0.5) is 13.2 Å². The molecular formula is C11H18F3NO2. The highest BCUT2D eigenvalue weighted by molar-refractivity contribution is 5.81. The normalized spacial score (nSPS) is 24.4. The first-order valence-electron chi connectivity index (χ1n) is 5.84. The highest BCUT2D eigenvalue weighted by Gasteiger charge is 2.42. The lowest BCUT2D eigenvalue weighted by atomic mass is 9.86. The van der Waals surface area contributed by atoms with Crippen molar-refractivity contribution in [3.63, 3.8) is 0 Å². The third-order valence-corrected chi connectivity index (χ3v) is 3.37. The summed E-state index contributed by atoms with van der Waals surface area (Å²) in [4.78, 5) is 10.8. The molecule has 0 aromatic heterocycles. The van der Waals surface area contributed by atoms with Crippen molar-refractivity contribution in [3.8, 4) is 0 Å². The molecule has 0 radical (unpaired) electrons. The summed E-state index contributed by atoms with van der Waals surface area (Å²) in [5.41, 5.74) is -0.387. The SMILES string of the molecule is CCC1(CC)CC(NC(=O)C(F)(F)F)CCO1. The summed E-state index contributed by atoms with van der Waals surface area (Å²) in [6.45, 7) is 4.28. The maximum Gasteiger partial charge on any atom is 0.471 e. The van der Waals surface area contributed by atoms with Crippen LogP contribution in [0.5, 0.6) is 0 Å². The van der Waals surface area contributed by atoms with E-state index in [0.29, 0.717) is 19.4 Å². The third kappa shape index (κ3) is 3.59. The Morgan fingerprint density at radius 2 is 2.00 bits per heavy atom. The van der Waals surface area contributed by atoms with E-state index < -0.39 is 18.1 Å². The first kappa shape index (κ1) is 14.3. The molecule has 0 aromatic rings. The molecule has 0 saturated carbocycles. The van der Waals surface area contributed by atoms with Crippen LogP contribution < -0.4 is 5.32 Å². The molecule has 1 aliphatic rings. The average Bonchev–Trinajstić information content (AvgIpc) is 2.28. The van der Waals surface area contributed by atoms with E-state index in [1.807, 2.05) is 19.2 Å². The van der Waals surface area contributed by atoms with Gasteiger partial charge in [0.15, 0.2) is 0 Å². The summed E-state index contributed by atoms with van der Waals surface area (Å²) in [5.74, 6) is -1.86. The van der Waals surface area contributed by atoms with Crippen molar-refractivity contribution < 1.29 is 22.7 Å². The van der Waals surface area contributed by atoms with Crippen LogP contribution in [-0.4, -0.2) is 30.3 Å². The Bertz CT molecular complexity index is 274. The second kappa shape index (κ2) is 5.25. The number of carbonyl (C=O) groups excluding carboxylic acids is 1. The van der Waals surface area contributed by atoms with Gasteiger partial charge in [0, 0.05) is 12.6 Å². The van der Waals surface area contributed by atoms with E-state index in [2.05, 4.69) is 0 Å². The number of nitrogens with one attached hydrogen (secondary N) is 1.